The van der Waals surface area contributed by atoms with E-state index in [-0.39, 0.29) is 4.90 Å². The number of hydrogen-bond acceptors (Lipinski definition) is 4. The van der Waals surface area contributed by atoms with Crippen LogP contribution in [0.25, 0.3) is 0 Å². The third-order valence-electron chi connectivity index (χ3n) is 3.46. The van der Waals surface area contributed by atoms with Gasteiger partial charge in [-0.1, -0.05) is 55.3 Å². The Kier molecular flexibility index (Phi) is 7.32. The molecular weight excluding hydrogens is 374 g/mol. The molecule has 2 rings (SSSR count). The lowest BCUT2D eigenvalue weighted by Crippen LogP contribution is -2.35. The zero-order chi connectivity index (χ0) is 19.0. The number of hydrazone groups is 1. The third kappa shape index (κ3) is 5.94. The molecule has 0 aliphatic carbocycles. The molecule has 0 aliphatic heterocycles. The average Bonchev–Trinajstić information content (AvgIpc) is 2.65. The molecule has 26 heavy (non-hydrogen) atoms. The summed E-state index contributed by atoms with van der Waals surface area (Å²) >= 11 is 5.88. The van der Waals surface area contributed by atoms with Crippen LogP contribution in [-0.2, 0) is 14.8 Å². The predicted molar refractivity (Wildman–Crippen MR) is 103 cm³/mol. The molecule has 2 N–H and O–H groups in total. The highest BCUT2D eigenvalue weighted by molar-refractivity contribution is 7.89. The zero-order valence-electron chi connectivity index (χ0n) is 14.3. The van der Waals surface area contributed by atoms with Gasteiger partial charge in [-0.15, -0.1) is 0 Å². The quantitative estimate of drug-likeness (QED) is 0.534. The average molecular weight is 394 g/mol. The molecule has 0 unspecified atom stereocenters. The number of carbonyl (C=O) groups excluding carboxylic acids is 1. The molecule has 2 aromatic rings. The summed E-state index contributed by atoms with van der Waals surface area (Å²) in [5, 5.41) is 4.74. The number of nitrogens with one attached hydrogen (secondary N) is 2. The SMILES string of the molecule is CCC/C(=N/NC(=O)CNS(=O)(=O)c1ccccc1)c1ccc(Cl)cc1. The van der Waals surface area contributed by atoms with Crippen LogP contribution in [0.15, 0.2) is 64.6 Å². The van der Waals surface area contributed by atoms with Crippen LogP contribution < -0.4 is 10.1 Å². The van der Waals surface area contributed by atoms with Crippen molar-refractivity contribution in [2.24, 2.45) is 5.10 Å². The second-order valence-electron chi connectivity index (χ2n) is 5.49. The first kappa shape index (κ1) is 20.1. The van der Waals surface area contributed by atoms with Crippen LogP contribution in [0.5, 0.6) is 0 Å². The smallest absolute Gasteiger partial charge is 0.255 e. The van der Waals surface area contributed by atoms with Gasteiger partial charge in [0.1, 0.15) is 0 Å². The fourth-order valence-electron chi connectivity index (χ4n) is 2.16. The Morgan fingerprint density at radius 1 is 1.08 bits per heavy atom. The monoisotopic (exact) mass is 393 g/mol. The molecule has 1 amide bonds. The summed E-state index contributed by atoms with van der Waals surface area (Å²) in [7, 11) is -3.74. The van der Waals surface area contributed by atoms with Gasteiger partial charge in [-0.3, -0.25) is 4.79 Å². The van der Waals surface area contributed by atoms with Gasteiger partial charge in [-0.05, 0) is 36.2 Å². The Hall–Kier alpha value is -2.22. The molecule has 138 valence electrons. The molecule has 0 bridgehead atoms. The Morgan fingerprint density at radius 2 is 1.73 bits per heavy atom. The molecule has 0 heterocycles. The normalized spacial score (nSPS) is 12.0. The van der Waals surface area contributed by atoms with Crippen molar-refractivity contribution in [1.29, 1.82) is 0 Å². The maximum Gasteiger partial charge on any atom is 0.255 e. The van der Waals surface area contributed by atoms with Gasteiger partial charge in [-0.2, -0.15) is 5.10 Å². The highest BCUT2D eigenvalue weighted by Gasteiger charge is 2.14. The van der Waals surface area contributed by atoms with Crippen LogP contribution in [0.4, 0.5) is 0 Å². The third-order valence-corrected chi connectivity index (χ3v) is 5.13. The molecule has 8 heteroatoms. The molecule has 2 aromatic carbocycles. The molecule has 0 saturated carbocycles. The van der Waals surface area contributed by atoms with Gasteiger partial charge in [0, 0.05) is 5.02 Å². The van der Waals surface area contributed by atoms with Gasteiger partial charge in [0.15, 0.2) is 0 Å². The lowest BCUT2D eigenvalue weighted by atomic mass is 10.1. The number of carbonyl (C=O) groups is 1. The van der Waals surface area contributed by atoms with Crippen LogP contribution >= 0.6 is 11.6 Å². The first-order valence-corrected chi connectivity index (χ1v) is 9.94. The second-order valence-corrected chi connectivity index (χ2v) is 7.69. The topological polar surface area (TPSA) is 87.6 Å². The van der Waals surface area contributed by atoms with Crippen molar-refractivity contribution in [2.45, 2.75) is 24.7 Å². The number of benzene rings is 2. The van der Waals surface area contributed by atoms with Crippen molar-refractivity contribution < 1.29 is 13.2 Å². The van der Waals surface area contributed by atoms with Crippen LogP contribution in [0, 0.1) is 0 Å². The van der Waals surface area contributed by atoms with Crippen molar-refractivity contribution in [2.75, 3.05) is 6.54 Å². The molecule has 0 spiro atoms. The van der Waals surface area contributed by atoms with E-state index in [1.807, 2.05) is 19.1 Å². The van der Waals surface area contributed by atoms with Crippen LogP contribution in [0.3, 0.4) is 0 Å². The Balaban J connectivity index is 1.99. The lowest BCUT2D eigenvalue weighted by Gasteiger charge is -2.08. The number of nitrogens with zero attached hydrogens (tertiary/aromatic N) is 1. The van der Waals surface area contributed by atoms with Crippen molar-refractivity contribution >= 4 is 33.2 Å². The Labute approximate surface area is 158 Å². The van der Waals surface area contributed by atoms with Gasteiger partial charge in [0.25, 0.3) is 5.91 Å². The summed E-state index contributed by atoms with van der Waals surface area (Å²) in [6, 6.07) is 15.0. The van der Waals surface area contributed by atoms with Gasteiger partial charge in [0.05, 0.1) is 17.2 Å². The van der Waals surface area contributed by atoms with E-state index in [0.29, 0.717) is 17.2 Å². The summed E-state index contributed by atoms with van der Waals surface area (Å²) in [6.45, 7) is 1.60. The first-order valence-electron chi connectivity index (χ1n) is 8.08. The Morgan fingerprint density at radius 3 is 2.35 bits per heavy atom. The van der Waals surface area contributed by atoms with Crippen molar-refractivity contribution in [3.05, 3.63) is 65.2 Å². The van der Waals surface area contributed by atoms with E-state index in [1.165, 1.54) is 12.1 Å². The summed E-state index contributed by atoms with van der Waals surface area (Å²) in [5.74, 6) is -0.549. The maximum absolute atomic E-state index is 12.1. The second kappa shape index (κ2) is 9.47. The Bertz CT molecular complexity index is 866. The van der Waals surface area contributed by atoms with E-state index in [0.717, 1.165) is 12.0 Å². The number of sulfonamides is 1. The minimum absolute atomic E-state index is 0.101. The fourth-order valence-corrected chi connectivity index (χ4v) is 3.29. The lowest BCUT2D eigenvalue weighted by molar-refractivity contribution is -0.119. The van der Waals surface area contributed by atoms with Crippen molar-refractivity contribution in [3.8, 4) is 0 Å². The first-order chi connectivity index (χ1) is 12.4. The van der Waals surface area contributed by atoms with Crippen LogP contribution in [0.1, 0.15) is 25.3 Å². The summed E-state index contributed by atoms with van der Waals surface area (Å²) in [5.41, 5.74) is 3.94. The standard InChI is InChI=1S/C18H20ClN3O3S/c1-2-6-17(14-9-11-15(19)12-10-14)21-22-18(23)13-20-26(24,25)16-7-4-3-5-8-16/h3-5,7-12,20H,2,6,13H2,1H3,(H,22,23)/b21-17-. The highest BCUT2D eigenvalue weighted by Crippen LogP contribution is 2.12. The highest BCUT2D eigenvalue weighted by atomic mass is 35.5. The largest absolute Gasteiger partial charge is 0.272 e. The van der Waals surface area contributed by atoms with Crippen LogP contribution in [0.2, 0.25) is 5.02 Å². The number of halogens is 1. The molecule has 0 fully saturated rings. The van der Waals surface area contributed by atoms with Gasteiger partial charge in [-0.25, -0.2) is 18.6 Å². The maximum atomic E-state index is 12.1. The molecule has 0 aromatic heterocycles. The van der Waals surface area contributed by atoms with E-state index in [9.17, 15) is 13.2 Å². The van der Waals surface area contributed by atoms with E-state index >= 15 is 0 Å². The molecular formula is C18H20ClN3O3S. The molecule has 0 atom stereocenters. The molecule has 0 radical (unpaired) electrons. The van der Waals surface area contributed by atoms with Gasteiger partial charge in [0.2, 0.25) is 10.0 Å². The number of hydrogen-bond donors (Lipinski definition) is 2. The molecule has 6 nitrogen and oxygen atoms in total. The fraction of sp³-hybridized carbons (Fsp3) is 0.222. The molecule has 0 saturated heterocycles. The summed E-state index contributed by atoms with van der Waals surface area (Å²) in [4.78, 5) is 12.0. The van der Waals surface area contributed by atoms with E-state index in [1.54, 1.807) is 30.3 Å². The van der Waals surface area contributed by atoms with Gasteiger partial charge >= 0.3 is 0 Å². The van der Waals surface area contributed by atoms with E-state index in [4.69, 9.17) is 11.6 Å². The number of rotatable bonds is 8. The van der Waals surface area contributed by atoms with Crippen molar-refractivity contribution in [1.82, 2.24) is 10.1 Å². The van der Waals surface area contributed by atoms with Gasteiger partial charge < -0.3 is 0 Å². The zero-order valence-corrected chi connectivity index (χ0v) is 15.8. The summed E-state index contributed by atoms with van der Waals surface area (Å²) < 4.78 is 26.4. The predicted octanol–water partition coefficient (Wildman–Crippen LogP) is 2.94. The van der Waals surface area contributed by atoms with E-state index < -0.39 is 22.5 Å². The van der Waals surface area contributed by atoms with Crippen molar-refractivity contribution in [3.63, 3.8) is 0 Å². The minimum atomic E-state index is -3.74. The van der Waals surface area contributed by atoms with Crippen LogP contribution in [-0.4, -0.2) is 26.6 Å². The molecule has 0 aliphatic rings. The summed E-state index contributed by atoms with van der Waals surface area (Å²) in [6.07, 6.45) is 1.51. The van der Waals surface area contributed by atoms with E-state index in [2.05, 4.69) is 15.2 Å². The minimum Gasteiger partial charge on any atom is -0.272 e. The number of amides is 1.